The first-order chi connectivity index (χ1) is 7.72. The minimum absolute atomic E-state index is 0.265. The summed E-state index contributed by atoms with van der Waals surface area (Å²) in [5.74, 6) is 0.782. The van der Waals surface area contributed by atoms with Crippen molar-refractivity contribution in [2.24, 2.45) is 0 Å². The van der Waals surface area contributed by atoms with Gasteiger partial charge in [-0.2, -0.15) is 0 Å². The summed E-state index contributed by atoms with van der Waals surface area (Å²) >= 11 is 1.78. The van der Waals surface area contributed by atoms with E-state index in [-0.39, 0.29) is 12.0 Å². The maximum Gasteiger partial charge on any atom is 0.327 e. The molecule has 4 heteroatoms. The standard InChI is InChI=1S/C12H17NO2S/c1-4-16-10-7-5-9(6-8-10)11(13-2)12(14)15-3/h5-8,11,13H,4H2,1-3H3. The van der Waals surface area contributed by atoms with Crippen molar-refractivity contribution < 1.29 is 9.53 Å². The molecule has 0 radical (unpaired) electrons. The van der Waals surface area contributed by atoms with Gasteiger partial charge in [-0.1, -0.05) is 19.1 Å². The maximum atomic E-state index is 11.5. The average molecular weight is 239 g/mol. The van der Waals surface area contributed by atoms with Gasteiger partial charge in [-0.05, 0) is 30.5 Å². The molecule has 0 spiro atoms. The number of thioether (sulfide) groups is 1. The van der Waals surface area contributed by atoms with Gasteiger partial charge in [0.15, 0.2) is 0 Å². The van der Waals surface area contributed by atoms with Crippen molar-refractivity contribution in [2.75, 3.05) is 19.9 Å². The Morgan fingerprint density at radius 1 is 1.44 bits per heavy atom. The summed E-state index contributed by atoms with van der Waals surface area (Å²) in [5, 5.41) is 2.94. The molecular formula is C12H17NO2S. The molecule has 1 atom stereocenters. The Labute approximate surface area is 101 Å². The van der Waals surface area contributed by atoms with Crippen molar-refractivity contribution >= 4 is 17.7 Å². The number of methoxy groups -OCH3 is 1. The molecule has 0 aliphatic rings. The van der Waals surface area contributed by atoms with E-state index in [1.165, 1.54) is 12.0 Å². The van der Waals surface area contributed by atoms with Crippen molar-refractivity contribution in [2.45, 2.75) is 17.9 Å². The molecule has 88 valence electrons. The lowest BCUT2D eigenvalue weighted by molar-refractivity contribution is -0.143. The van der Waals surface area contributed by atoms with E-state index in [0.29, 0.717) is 0 Å². The lowest BCUT2D eigenvalue weighted by Gasteiger charge is -2.14. The highest BCUT2D eigenvalue weighted by atomic mass is 32.2. The molecule has 0 saturated carbocycles. The summed E-state index contributed by atoms with van der Waals surface area (Å²) in [5.41, 5.74) is 0.926. The molecule has 1 N–H and O–H groups in total. The third kappa shape index (κ3) is 3.25. The number of carbonyl (C=O) groups excluding carboxylic acids is 1. The fourth-order valence-corrected chi connectivity index (χ4v) is 2.12. The highest BCUT2D eigenvalue weighted by Crippen LogP contribution is 2.21. The second-order valence-electron chi connectivity index (χ2n) is 3.25. The number of hydrogen-bond acceptors (Lipinski definition) is 4. The highest BCUT2D eigenvalue weighted by molar-refractivity contribution is 7.99. The SMILES string of the molecule is CCSc1ccc(C(NC)C(=O)OC)cc1. The van der Waals surface area contributed by atoms with Crippen LogP contribution in [0.4, 0.5) is 0 Å². The molecule has 1 unspecified atom stereocenters. The molecule has 0 heterocycles. The molecule has 0 fully saturated rings. The van der Waals surface area contributed by atoms with E-state index in [9.17, 15) is 4.79 Å². The topological polar surface area (TPSA) is 38.3 Å². The van der Waals surface area contributed by atoms with Gasteiger partial charge in [0.1, 0.15) is 6.04 Å². The first kappa shape index (κ1) is 13.1. The third-order valence-electron chi connectivity index (χ3n) is 2.25. The predicted molar refractivity (Wildman–Crippen MR) is 66.7 cm³/mol. The Hall–Kier alpha value is -1.00. The molecule has 0 saturated heterocycles. The minimum Gasteiger partial charge on any atom is -0.468 e. The van der Waals surface area contributed by atoms with E-state index in [1.807, 2.05) is 24.3 Å². The zero-order chi connectivity index (χ0) is 12.0. The Morgan fingerprint density at radius 3 is 2.50 bits per heavy atom. The Balaban J connectivity index is 2.82. The summed E-state index contributed by atoms with van der Waals surface area (Å²) in [6.07, 6.45) is 0. The number of hydrogen-bond donors (Lipinski definition) is 1. The Kier molecular flexibility index (Phi) is 5.35. The van der Waals surface area contributed by atoms with Crippen LogP contribution >= 0.6 is 11.8 Å². The lowest BCUT2D eigenvalue weighted by atomic mass is 10.1. The normalized spacial score (nSPS) is 12.2. The highest BCUT2D eigenvalue weighted by Gasteiger charge is 2.18. The summed E-state index contributed by atoms with van der Waals surface area (Å²) in [4.78, 5) is 12.7. The van der Waals surface area contributed by atoms with Crippen molar-refractivity contribution in [3.05, 3.63) is 29.8 Å². The van der Waals surface area contributed by atoms with Gasteiger partial charge in [-0.25, -0.2) is 4.79 Å². The number of nitrogens with one attached hydrogen (secondary N) is 1. The van der Waals surface area contributed by atoms with Crippen LogP contribution in [0.25, 0.3) is 0 Å². The Bertz CT molecular complexity index is 337. The molecule has 1 rings (SSSR count). The van der Waals surface area contributed by atoms with E-state index < -0.39 is 0 Å². The summed E-state index contributed by atoms with van der Waals surface area (Å²) in [7, 11) is 3.14. The van der Waals surface area contributed by atoms with Crippen LogP contribution in [0.15, 0.2) is 29.2 Å². The van der Waals surface area contributed by atoms with Gasteiger partial charge in [0, 0.05) is 4.90 Å². The molecular weight excluding hydrogens is 222 g/mol. The van der Waals surface area contributed by atoms with Gasteiger partial charge < -0.3 is 10.1 Å². The summed E-state index contributed by atoms with van der Waals surface area (Å²) in [6.45, 7) is 2.11. The smallest absolute Gasteiger partial charge is 0.327 e. The van der Waals surface area contributed by atoms with Crippen LogP contribution in [-0.2, 0) is 9.53 Å². The third-order valence-corrected chi connectivity index (χ3v) is 3.14. The van der Waals surface area contributed by atoms with Gasteiger partial charge in [0.05, 0.1) is 7.11 Å². The van der Waals surface area contributed by atoms with Gasteiger partial charge in [-0.15, -0.1) is 11.8 Å². The fraction of sp³-hybridized carbons (Fsp3) is 0.417. The Morgan fingerprint density at radius 2 is 2.06 bits per heavy atom. The lowest BCUT2D eigenvalue weighted by Crippen LogP contribution is -2.26. The maximum absolute atomic E-state index is 11.5. The molecule has 16 heavy (non-hydrogen) atoms. The second kappa shape index (κ2) is 6.55. The van der Waals surface area contributed by atoms with Gasteiger partial charge >= 0.3 is 5.97 Å². The van der Waals surface area contributed by atoms with Crippen molar-refractivity contribution in [3.8, 4) is 0 Å². The second-order valence-corrected chi connectivity index (χ2v) is 4.58. The van der Waals surface area contributed by atoms with E-state index in [0.717, 1.165) is 11.3 Å². The van der Waals surface area contributed by atoms with Crippen LogP contribution < -0.4 is 5.32 Å². The quantitative estimate of drug-likeness (QED) is 0.631. The number of esters is 1. The van der Waals surface area contributed by atoms with Crippen molar-refractivity contribution in [1.29, 1.82) is 0 Å². The fourth-order valence-electron chi connectivity index (χ4n) is 1.46. The van der Waals surface area contributed by atoms with Crippen molar-refractivity contribution in [1.82, 2.24) is 5.32 Å². The van der Waals surface area contributed by atoms with Gasteiger partial charge in [-0.3, -0.25) is 0 Å². The van der Waals surface area contributed by atoms with E-state index >= 15 is 0 Å². The zero-order valence-electron chi connectivity index (χ0n) is 9.82. The number of likely N-dealkylation sites (N-methyl/N-ethyl adjacent to an activating group) is 1. The summed E-state index contributed by atoms with van der Waals surface area (Å²) < 4.78 is 4.73. The van der Waals surface area contributed by atoms with Crippen LogP contribution in [-0.4, -0.2) is 25.9 Å². The monoisotopic (exact) mass is 239 g/mol. The predicted octanol–water partition coefficient (Wildman–Crippen LogP) is 2.23. The number of carbonyl (C=O) groups is 1. The molecule has 1 aromatic rings. The largest absolute Gasteiger partial charge is 0.468 e. The molecule has 0 aromatic heterocycles. The van der Waals surface area contributed by atoms with Crippen LogP contribution in [0.2, 0.25) is 0 Å². The number of ether oxygens (including phenoxy) is 1. The average Bonchev–Trinajstić information content (AvgIpc) is 2.32. The zero-order valence-corrected chi connectivity index (χ0v) is 10.6. The first-order valence-electron chi connectivity index (χ1n) is 5.20. The molecule has 0 aliphatic carbocycles. The van der Waals surface area contributed by atoms with Crippen LogP contribution in [0.1, 0.15) is 18.5 Å². The number of rotatable bonds is 5. The van der Waals surface area contributed by atoms with E-state index in [2.05, 4.69) is 12.2 Å². The first-order valence-corrected chi connectivity index (χ1v) is 6.19. The van der Waals surface area contributed by atoms with Crippen LogP contribution in [0.5, 0.6) is 0 Å². The minimum atomic E-state index is -0.384. The molecule has 0 aliphatic heterocycles. The van der Waals surface area contributed by atoms with E-state index in [1.54, 1.807) is 18.8 Å². The molecule has 3 nitrogen and oxygen atoms in total. The van der Waals surface area contributed by atoms with Crippen molar-refractivity contribution in [3.63, 3.8) is 0 Å². The number of benzene rings is 1. The molecule has 0 amide bonds. The van der Waals surface area contributed by atoms with Crippen LogP contribution in [0.3, 0.4) is 0 Å². The van der Waals surface area contributed by atoms with Gasteiger partial charge in [0.2, 0.25) is 0 Å². The molecule has 1 aromatic carbocycles. The van der Waals surface area contributed by atoms with Crippen LogP contribution in [0, 0.1) is 0 Å². The van der Waals surface area contributed by atoms with E-state index in [4.69, 9.17) is 4.74 Å². The van der Waals surface area contributed by atoms with Gasteiger partial charge in [0.25, 0.3) is 0 Å². The summed E-state index contributed by atoms with van der Waals surface area (Å²) in [6, 6.07) is 7.57. The molecule has 0 bridgehead atoms.